The molecule has 0 saturated carbocycles. The molecule has 0 aromatic rings. The van der Waals surface area contributed by atoms with Crippen LogP contribution in [0.3, 0.4) is 0 Å². The maximum absolute atomic E-state index is 7.74. The minimum absolute atomic E-state index is 0. The Morgan fingerprint density at radius 2 is 2.00 bits per heavy atom. The van der Waals surface area contributed by atoms with Crippen molar-refractivity contribution in [1.82, 2.24) is 0 Å². The van der Waals surface area contributed by atoms with E-state index in [0.717, 1.165) is 0 Å². The summed E-state index contributed by atoms with van der Waals surface area (Å²) in [6.07, 6.45) is 0. The van der Waals surface area contributed by atoms with Crippen LogP contribution < -0.4 is 18.9 Å². The summed E-state index contributed by atoms with van der Waals surface area (Å²) in [6, 6.07) is 0. The predicted molar refractivity (Wildman–Crippen MR) is 18.9 cm³/mol. The Labute approximate surface area is 50.0 Å². The fraction of sp³-hybridized carbons (Fsp3) is 1.00. The second-order valence-electron chi connectivity index (χ2n) is 0.413. The molecule has 3 heteroatoms. The number of rotatable bonds is 1. The van der Waals surface area contributed by atoms with Crippen molar-refractivity contribution in [3.63, 3.8) is 0 Å². The van der Waals surface area contributed by atoms with Crippen molar-refractivity contribution >= 4 is 11.6 Å². The monoisotopic (exact) mass is 88.0 g/mol. The molecule has 0 aliphatic carbocycles. The average molecular weight is 88.5 g/mol. The van der Waals surface area contributed by atoms with Gasteiger partial charge in [0.25, 0.3) is 0 Å². The summed E-state index contributed by atoms with van der Waals surface area (Å²) in [5.74, 6) is 0.347. The average Bonchev–Trinajstić information content (AvgIpc) is 1.37. The number of aliphatic hydroxyl groups excluding tert-OH is 1. The summed E-state index contributed by atoms with van der Waals surface area (Å²) < 4.78 is 0. The molecular weight excluding hydrogens is 82.4 g/mol. The molecule has 0 saturated heterocycles. The number of aliphatic hydroxyl groups is 1. The van der Waals surface area contributed by atoms with Gasteiger partial charge >= 0.3 is 18.9 Å². The minimum atomic E-state index is 0. The summed E-state index contributed by atoms with van der Waals surface area (Å²) in [5, 5.41) is 7.74. The van der Waals surface area contributed by atoms with Crippen molar-refractivity contribution in [2.24, 2.45) is 0 Å². The molecule has 0 aliphatic rings. The Bertz CT molecular complexity index is 15.5. The van der Waals surface area contributed by atoms with Gasteiger partial charge in [-0.15, -0.1) is 11.6 Å². The molecule has 0 spiro atoms. The van der Waals surface area contributed by atoms with Crippen LogP contribution in [-0.2, 0) is 0 Å². The fourth-order valence-electron chi connectivity index (χ4n) is 0. The zero-order valence-electron chi connectivity index (χ0n) is 4.24. The van der Waals surface area contributed by atoms with Crippen molar-refractivity contribution in [2.75, 3.05) is 12.5 Å². The van der Waals surface area contributed by atoms with E-state index in [1.165, 1.54) is 0 Å². The summed E-state index contributed by atoms with van der Waals surface area (Å²) in [4.78, 5) is 0. The topological polar surface area (TPSA) is 20.2 Å². The zero-order valence-corrected chi connectivity index (χ0v) is 4.00. The molecule has 1 nitrogen and oxygen atoms in total. The Morgan fingerprint density at radius 3 is 2.00 bits per heavy atom. The first-order valence-electron chi connectivity index (χ1n) is 1.08. The molecule has 0 aliphatic heterocycles. The molecule has 0 amide bonds. The van der Waals surface area contributed by atoms with Gasteiger partial charge in [0.05, 0.1) is 6.61 Å². The van der Waals surface area contributed by atoms with Gasteiger partial charge in [-0.2, -0.15) is 0 Å². The van der Waals surface area contributed by atoms with Crippen LogP contribution in [0, 0.1) is 0 Å². The van der Waals surface area contributed by atoms with E-state index in [9.17, 15) is 0 Å². The largest absolute Gasteiger partial charge is 1.00 e. The van der Waals surface area contributed by atoms with E-state index < -0.39 is 0 Å². The predicted octanol–water partition coefficient (Wildman–Crippen LogP) is -2.67. The standard InChI is InChI=1S/C2H5ClO.Li.H/c3-1-2-4;;/h4H,1-2H2;;/q;+1;-1. The van der Waals surface area contributed by atoms with E-state index in [4.69, 9.17) is 16.7 Å². The molecule has 0 radical (unpaired) electrons. The maximum Gasteiger partial charge on any atom is 1.00 e. The Balaban J connectivity index is -0.0000000450. The third kappa shape index (κ3) is 11.5. The van der Waals surface area contributed by atoms with Gasteiger partial charge < -0.3 is 6.53 Å². The van der Waals surface area contributed by atoms with Crippen LogP contribution in [0.25, 0.3) is 0 Å². The van der Waals surface area contributed by atoms with E-state index in [-0.39, 0.29) is 26.9 Å². The van der Waals surface area contributed by atoms with Gasteiger partial charge in [0, 0.05) is 5.88 Å². The summed E-state index contributed by atoms with van der Waals surface area (Å²) >= 11 is 4.94. The van der Waals surface area contributed by atoms with Crippen molar-refractivity contribution in [3.05, 3.63) is 0 Å². The molecule has 5 heavy (non-hydrogen) atoms. The van der Waals surface area contributed by atoms with E-state index in [2.05, 4.69) is 0 Å². The maximum atomic E-state index is 7.74. The van der Waals surface area contributed by atoms with E-state index in [1.54, 1.807) is 0 Å². The van der Waals surface area contributed by atoms with Crippen molar-refractivity contribution in [1.29, 1.82) is 0 Å². The SMILES string of the molecule is OCCCl.[H-].[Li+]. The smallest absolute Gasteiger partial charge is 1.00 e. The summed E-state index contributed by atoms with van der Waals surface area (Å²) in [7, 11) is 0. The first-order chi connectivity index (χ1) is 1.91. The van der Waals surface area contributed by atoms with Crippen LogP contribution in [0.5, 0.6) is 0 Å². The normalized spacial score (nSPS) is 6.00. The molecule has 0 rings (SSSR count). The third-order valence-corrected chi connectivity index (χ3v) is 0.254. The molecule has 28 valence electrons. The fourth-order valence-corrected chi connectivity index (χ4v) is 0. The van der Waals surface area contributed by atoms with Gasteiger partial charge in [0.2, 0.25) is 0 Å². The van der Waals surface area contributed by atoms with Crippen LogP contribution in [0.4, 0.5) is 0 Å². The van der Waals surface area contributed by atoms with Gasteiger partial charge in [0.1, 0.15) is 0 Å². The van der Waals surface area contributed by atoms with Gasteiger partial charge in [-0.3, -0.25) is 0 Å². The molecule has 0 fully saturated rings. The van der Waals surface area contributed by atoms with Crippen molar-refractivity contribution in [2.45, 2.75) is 0 Å². The van der Waals surface area contributed by atoms with Crippen molar-refractivity contribution in [3.8, 4) is 0 Å². The zero-order chi connectivity index (χ0) is 3.41. The first-order valence-corrected chi connectivity index (χ1v) is 1.62. The van der Waals surface area contributed by atoms with Crippen LogP contribution in [0.1, 0.15) is 1.43 Å². The summed E-state index contributed by atoms with van der Waals surface area (Å²) in [5.41, 5.74) is 0. The molecule has 0 aromatic heterocycles. The second kappa shape index (κ2) is 8.85. The first kappa shape index (κ1) is 9.28. The number of halogens is 1. The number of alkyl halides is 1. The summed E-state index contributed by atoms with van der Waals surface area (Å²) in [6.45, 7) is 0.0849. The van der Waals surface area contributed by atoms with Crippen LogP contribution in [-0.4, -0.2) is 17.6 Å². The third-order valence-electron chi connectivity index (χ3n) is 0.0845. The Kier molecular flexibility index (Phi) is 16.4. The quantitative estimate of drug-likeness (QED) is 0.274. The molecule has 0 unspecified atom stereocenters. The van der Waals surface area contributed by atoms with Crippen molar-refractivity contribution < 1.29 is 25.4 Å². The van der Waals surface area contributed by atoms with E-state index >= 15 is 0 Å². The van der Waals surface area contributed by atoms with E-state index in [0.29, 0.717) is 5.88 Å². The molecule has 0 atom stereocenters. The van der Waals surface area contributed by atoms with E-state index in [1.807, 2.05) is 0 Å². The molecule has 0 bridgehead atoms. The van der Waals surface area contributed by atoms with Crippen LogP contribution in [0.2, 0.25) is 0 Å². The van der Waals surface area contributed by atoms with Crippen LogP contribution >= 0.6 is 11.6 Å². The number of hydrogen-bond acceptors (Lipinski definition) is 1. The van der Waals surface area contributed by atoms with Gasteiger partial charge in [0.15, 0.2) is 0 Å². The van der Waals surface area contributed by atoms with Crippen LogP contribution in [0.15, 0.2) is 0 Å². The molecular formula is C2H6ClLiO. The Morgan fingerprint density at radius 1 is 1.80 bits per heavy atom. The number of hydrogen-bond donors (Lipinski definition) is 1. The Hall–Kier alpha value is 0.847. The van der Waals surface area contributed by atoms with Gasteiger partial charge in [-0.05, 0) is 0 Å². The molecule has 0 aromatic carbocycles. The second-order valence-corrected chi connectivity index (χ2v) is 0.791. The minimum Gasteiger partial charge on any atom is -1.00 e. The molecule has 1 N–H and O–H groups in total. The molecule has 0 heterocycles. The van der Waals surface area contributed by atoms with Gasteiger partial charge in [-0.1, -0.05) is 0 Å². The van der Waals surface area contributed by atoms with Gasteiger partial charge in [-0.25, -0.2) is 0 Å².